The van der Waals surface area contributed by atoms with Crippen LogP contribution in [0.25, 0.3) is 5.76 Å². The number of likely N-dealkylation sites (N-methyl/N-ethyl adjacent to an activating group) is 1. The molecule has 0 aromatic heterocycles. The number of benzene rings is 2. The number of ketones is 1. The number of unbranched alkanes of at least 4 members (excludes halogenated alkanes) is 1. The van der Waals surface area contributed by atoms with Crippen LogP contribution in [-0.4, -0.2) is 67.0 Å². The Bertz CT molecular complexity index is 1030. The number of hydrogen-bond donors (Lipinski definition) is 1. The first-order valence-corrected chi connectivity index (χ1v) is 12.3. The van der Waals surface area contributed by atoms with Crippen molar-refractivity contribution in [2.24, 2.45) is 0 Å². The van der Waals surface area contributed by atoms with Crippen LogP contribution >= 0.6 is 0 Å². The lowest BCUT2D eigenvalue weighted by Gasteiger charge is -2.26. The molecule has 0 aliphatic carbocycles. The summed E-state index contributed by atoms with van der Waals surface area (Å²) in [4.78, 5) is 29.7. The molecule has 2 aromatic carbocycles. The summed E-state index contributed by atoms with van der Waals surface area (Å²) >= 11 is 0. The van der Waals surface area contributed by atoms with Crippen molar-refractivity contribution in [2.45, 2.75) is 39.2 Å². The Kier molecular flexibility index (Phi) is 9.32. The topological polar surface area (TPSA) is 79.3 Å². The Labute approximate surface area is 207 Å². The second-order valence-corrected chi connectivity index (χ2v) is 8.94. The molecule has 1 unspecified atom stereocenters. The van der Waals surface area contributed by atoms with Crippen LogP contribution in [0.3, 0.4) is 0 Å². The van der Waals surface area contributed by atoms with Gasteiger partial charge in [0.15, 0.2) is 0 Å². The Morgan fingerprint density at radius 2 is 1.51 bits per heavy atom. The van der Waals surface area contributed by atoms with Crippen molar-refractivity contribution in [1.29, 1.82) is 0 Å². The maximum absolute atomic E-state index is 13.1. The van der Waals surface area contributed by atoms with Gasteiger partial charge in [-0.05, 0) is 68.9 Å². The Morgan fingerprint density at radius 1 is 0.914 bits per heavy atom. The molecule has 188 valence electrons. The van der Waals surface area contributed by atoms with E-state index in [1.54, 1.807) is 24.3 Å². The number of carbonyl (C=O) groups excluding carboxylic acids is 2. The van der Waals surface area contributed by atoms with E-state index in [2.05, 4.69) is 6.92 Å². The van der Waals surface area contributed by atoms with Gasteiger partial charge in [0, 0.05) is 18.7 Å². The van der Waals surface area contributed by atoms with Crippen LogP contribution < -0.4 is 9.47 Å². The van der Waals surface area contributed by atoms with Crippen LogP contribution in [0.2, 0.25) is 0 Å². The SMILES string of the molecule is CCCCOc1ccc(C(O)=C2C(=O)C(=O)N(CCN(C)C)C2c2ccc(OCCC)cc2)cc1. The third-order valence-corrected chi connectivity index (χ3v) is 5.89. The molecule has 1 aliphatic rings. The van der Waals surface area contributed by atoms with Gasteiger partial charge in [0.2, 0.25) is 0 Å². The van der Waals surface area contributed by atoms with Crippen LogP contribution in [0.4, 0.5) is 0 Å². The second kappa shape index (κ2) is 12.4. The van der Waals surface area contributed by atoms with E-state index in [0.717, 1.165) is 30.6 Å². The van der Waals surface area contributed by atoms with Crippen LogP contribution in [-0.2, 0) is 9.59 Å². The first-order valence-electron chi connectivity index (χ1n) is 12.3. The van der Waals surface area contributed by atoms with E-state index >= 15 is 0 Å². The lowest BCUT2D eigenvalue weighted by atomic mass is 9.95. The fourth-order valence-electron chi connectivity index (χ4n) is 3.93. The molecule has 35 heavy (non-hydrogen) atoms. The third kappa shape index (κ3) is 6.42. The van der Waals surface area contributed by atoms with Crippen molar-refractivity contribution < 1.29 is 24.2 Å². The van der Waals surface area contributed by atoms with Crippen LogP contribution in [0.15, 0.2) is 54.1 Å². The molecule has 0 saturated carbocycles. The second-order valence-electron chi connectivity index (χ2n) is 8.94. The van der Waals surface area contributed by atoms with Crippen molar-refractivity contribution in [1.82, 2.24) is 9.80 Å². The molecule has 1 aliphatic heterocycles. The van der Waals surface area contributed by atoms with Gasteiger partial charge in [-0.25, -0.2) is 0 Å². The molecule has 1 saturated heterocycles. The van der Waals surface area contributed by atoms with Gasteiger partial charge in [-0.2, -0.15) is 0 Å². The summed E-state index contributed by atoms with van der Waals surface area (Å²) in [5, 5.41) is 11.2. The maximum atomic E-state index is 13.1. The first-order chi connectivity index (χ1) is 16.9. The van der Waals surface area contributed by atoms with E-state index in [1.807, 2.05) is 50.2 Å². The fraction of sp³-hybridized carbons (Fsp3) is 0.429. The summed E-state index contributed by atoms with van der Waals surface area (Å²) in [5.74, 6) is -0.0580. The van der Waals surface area contributed by atoms with Crippen LogP contribution in [0, 0.1) is 0 Å². The zero-order chi connectivity index (χ0) is 25.4. The van der Waals surface area contributed by atoms with Gasteiger partial charge in [0.05, 0.1) is 24.8 Å². The van der Waals surface area contributed by atoms with E-state index in [4.69, 9.17) is 9.47 Å². The number of ether oxygens (including phenoxy) is 2. The monoisotopic (exact) mass is 480 g/mol. The predicted octanol–water partition coefficient (Wildman–Crippen LogP) is 4.64. The molecule has 0 radical (unpaired) electrons. The molecule has 1 N–H and O–H groups in total. The van der Waals surface area contributed by atoms with Gasteiger partial charge >= 0.3 is 0 Å². The molecular formula is C28H36N2O5. The van der Waals surface area contributed by atoms with E-state index in [1.165, 1.54) is 4.90 Å². The highest BCUT2D eigenvalue weighted by molar-refractivity contribution is 6.46. The molecule has 1 atom stereocenters. The summed E-state index contributed by atoms with van der Waals surface area (Å²) in [7, 11) is 3.82. The average molecular weight is 481 g/mol. The average Bonchev–Trinajstić information content (AvgIpc) is 3.11. The summed E-state index contributed by atoms with van der Waals surface area (Å²) in [6.45, 7) is 6.31. The number of carbonyl (C=O) groups is 2. The summed E-state index contributed by atoms with van der Waals surface area (Å²) in [6.07, 6.45) is 2.90. The van der Waals surface area contributed by atoms with Gasteiger partial charge in [-0.15, -0.1) is 0 Å². The van der Waals surface area contributed by atoms with Gasteiger partial charge in [0.1, 0.15) is 17.3 Å². The van der Waals surface area contributed by atoms with Gasteiger partial charge in [0.25, 0.3) is 11.7 Å². The molecule has 1 amide bonds. The minimum absolute atomic E-state index is 0.0932. The standard InChI is InChI=1S/C28H36N2O5/c1-5-7-19-35-23-14-10-21(11-15-23)26(31)24-25(20-8-12-22(13-9-20)34-18-6-2)30(17-16-29(3)4)28(33)27(24)32/h8-15,25,31H,5-7,16-19H2,1-4H3. The molecule has 1 fully saturated rings. The van der Waals surface area contributed by atoms with E-state index in [9.17, 15) is 14.7 Å². The van der Waals surface area contributed by atoms with E-state index in [-0.39, 0.29) is 11.3 Å². The number of aliphatic hydroxyl groups is 1. The van der Waals surface area contributed by atoms with Gasteiger partial charge in [-0.1, -0.05) is 32.4 Å². The van der Waals surface area contributed by atoms with Crippen LogP contribution in [0.1, 0.15) is 50.3 Å². The number of hydrogen-bond acceptors (Lipinski definition) is 6. The van der Waals surface area contributed by atoms with Gasteiger partial charge < -0.3 is 24.4 Å². The van der Waals surface area contributed by atoms with Gasteiger partial charge in [-0.3, -0.25) is 9.59 Å². The summed E-state index contributed by atoms with van der Waals surface area (Å²) in [5.41, 5.74) is 1.30. The highest BCUT2D eigenvalue weighted by Gasteiger charge is 2.45. The number of amides is 1. The van der Waals surface area contributed by atoms with E-state index < -0.39 is 17.7 Å². The van der Waals surface area contributed by atoms with E-state index in [0.29, 0.717) is 37.6 Å². The number of likely N-dealkylation sites (tertiary alicyclic amines) is 1. The molecular weight excluding hydrogens is 444 g/mol. The normalized spacial score (nSPS) is 17.3. The molecule has 3 rings (SSSR count). The molecule has 1 heterocycles. The Balaban J connectivity index is 1.98. The lowest BCUT2D eigenvalue weighted by molar-refractivity contribution is -0.140. The summed E-state index contributed by atoms with van der Waals surface area (Å²) in [6, 6.07) is 13.6. The predicted molar refractivity (Wildman–Crippen MR) is 137 cm³/mol. The molecule has 7 nitrogen and oxygen atoms in total. The molecule has 7 heteroatoms. The lowest BCUT2D eigenvalue weighted by Crippen LogP contribution is -2.35. The minimum Gasteiger partial charge on any atom is -0.507 e. The maximum Gasteiger partial charge on any atom is 0.295 e. The van der Waals surface area contributed by atoms with Crippen molar-refractivity contribution in [3.8, 4) is 11.5 Å². The number of aliphatic hydroxyl groups excluding tert-OH is 1. The van der Waals surface area contributed by atoms with Crippen molar-refractivity contribution in [3.05, 3.63) is 65.2 Å². The highest BCUT2D eigenvalue weighted by atomic mass is 16.5. The largest absolute Gasteiger partial charge is 0.507 e. The smallest absolute Gasteiger partial charge is 0.295 e. The van der Waals surface area contributed by atoms with Crippen LogP contribution in [0.5, 0.6) is 11.5 Å². The molecule has 0 bridgehead atoms. The quantitative estimate of drug-likeness (QED) is 0.206. The molecule has 0 spiro atoms. The highest BCUT2D eigenvalue weighted by Crippen LogP contribution is 2.39. The van der Waals surface area contributed by atoms with Crippen molar-refractivity contribution >= 4 is 17.4 Å². The Morgan fingerprint density at radius 3 is 2.09 bits per heavy atom. The summed E-state index contributed by atoms with van der Waals surface area (Å²) < 4.78 is 11.4. The zero-order valence-corrected chi connectivity index (χ0v) is 21.1. The number of Topliss-reactive ketones (excluding diaryl/α,β-unsaturated/α-hetero) is 1. The Hall–Kier alpha value is -3.32. The molecule has 2 aromatic rings. The van der Waals surface area contributed by atoms with Crippen molar-refractivity contribution in [2.75, 3.05) is 40.4 Å². The minimum atomic E-state index is -0.685. The van der Waals surface area contributed by atoms with Crippen molar-refractivity contribution in [3.63, 3.8) is 0 Å². The third-order valence-electron chi connectivity index (χ3n) is 5.89. The zero-order valence-electron chi connectivity index (χ0n) is 21.1. The first kappa shape index (κ1) is 26.3. The number of rotatable bonds is 12. The number of nitrogens with zero attached hydrogens (tertiary/aromatic N) is 2. The fourth-order valence-corrected chi connectivity index (χ4v) is 3.93.